The van der Waals surface area contributed by atoms with Gasteiger partial charge < -0.3 is 0 Å². The summed E-state index contributed by atoms with van der Waals surface area (Å²) in [6, 6.07) is 39.8. The molecular formula is C30H22. The average Bonchev–Trinajstić information content (AvgIpc) is 3.14. The smallest absolute Gasteiger partial charge is 0.0355 e. The van der Waals surface area contributed by atoms with Crippen LogP contribution >= 0.6 is 0 Å². The van der Waals surface area contributed by atoms with Crippen molar-refractivity contribution < 1.29 is 0 Å². The third kappa shape index (κ3) is 2.47. The van der Waals surface area contributed by atoms with Crippen molar-refractivity contribution in [3.63, 3.8) is 0 Å². The van der Waals surface area contributed by atoms with E-state index in [1.165, 1.54) is 55.3 Å². The quantitative estimate of drug-likeness (QED) is 0.285. The molecule has 0 fully saturated rings. The van der Waals surface area contributed by atoms with E-state index in [1.807, 2.05) is 0 Å². The Morgan fingerprint density at radius 2 is 1.10 bits per heavy atom. The van der Waals surface area contributed by atoms with Crippen molar-refractivity contribution in [1.29, 1.82) is 0 Å². The number of rotatable bonds is 2. The second kappa shape index (κ2) is 6.71. The van der Waals surface area contributed by atoms with Crippen LogP contribution in [0.3, 0.4) is 0 Å². The van der Waals surface area contributed by atoms with Crippen LogP contribution in [-0.2, 0) is 0 Å². The molecule has 0 saturated carbocycles. The van der Waals surface area contributed by atoms with Gasteiger partial charge in [0.05, 0.1) is 0 Å². The van der Waals surface area contributed by atoms with Crippen molar-refractivity contribution in [3.05, 3.63) is 131 Å². The van der Waals surface area contributed by atoms with Gasteiger partial charge in [-0.05, 0) is 68.3 Å². The van der Waals surface area contributed by atoms with Crippen LogP contribution in [0.2, 0.25) is 0 Å². The first-order valence-electron chi connectivity index (χ1n) is 10.6. The number of hydrogen-bond acceptors (Lipinski definition) is 0. The fraction of sp³-hybridized carbons (Fsp3) is 0.0667. The summed E-state index contributed by atoms with van der Waals surface area (Å²) < 4.78 is 0. The molecule has 0 aromatic heterocycles. The number of fused-ring (bicyclic) bond motifs is 4. The lowest BCUT2D eigenvalue weighted by molar-refractivity contribution is 1.00. The molecule has 0 nitrogen and oxygen atoms in total. The minimum atomic E-state index is 0.268. The predicted octanol–water partition coefficient (Wildman–Crippen LogP) is 7.98. The van der Waals surface area contributed by atoms with Gasteiger partial charge >= 0.3 is 0 Å². The molecule has 5 aromatic carbocycles. The highest BCUT2D eigenvalue weighted by Gasteiger charge is 2.31. The Kier molecular flexibility index (Phi) is 3.86. The van der Waals surface area contributed by atoms with Gasteiger partial charge in [0, 0.05) is 5.92 Å². The van der Waals surface area contributed by atoms with E-state index >= 15 is 0 Å². The zero-order chi connectivity index (χ0) is 20.1. The maximum absolute atomic E-state index is 2.42. The lowest BCUT2D eigenvalue weighted by Gasteiger charge is -2.22. The monoisotopic (exact) mass is 382 g/mol. The summed E-state index contributed by atoms with van der Waals surface area (Å²) in [5.74, 6) is 0.268. The van der Waals surface area contributed by atoms with Crippen LogP contribution in [0.25, 0.3) is 33.0 Å². The van der Waals surface area contributed by atoms with Gasteiger partial charge in [-0.1, -0.05) is 103 Å². The van der Waals surface area contributed by atoms with Crippen LogP contribution in [0.5, 0.6) is 0 Å². The van der Waals surface area contributed by atoms with Gasteiger partial charge in [-0.25, -0.2) is 0 Å². The van der Waals surface area contributed by atoms with E-state index in [4.69, 9.17) is 0 Å². The van der Waals surface area contributed by atoms with E-state index in [2.05, 4.69) is 116 Å². The fourth-order valence-electron chi connectivity index (χ4n) is 5.24. The molecule has 0 bridgehead atoms. The molecule has 0 atom stereocenters. The van der Waals surface area contributed by atoms with Gasteiger partial charge in [0.25, 0.3) is 0 Å². The first kappa shape index (κ1) is 17.2. The Morgan fingerprint density at radius 3 is 1.80 bits per heavy atom. The SMILES string of the molecule is Cc1c(C2c3ccccc3-c3ccccc32)cc2ccccc2c1-c1ccccc1. The summed E-state index contributed by atoms with van der Waals surface area (Å²) in [7, 11) is 0. The minimum absolute atomic E-state index is 0.268. The third-order valence-corrected chi connectivity index (χ3v) is 6.56. The van der Waals surface area contributed by atoms with E-state index < -0.39 is 0 Å². The fourth-order valence-corrected chi connectivity index (χ4v) is 5.24. The van der Waals surface area contributed by atoms with E-state index in [0.717, 1.165) is 0 Å². The molecule has 30 heavy (non-hydrogen) atoms. The van der Waals surface area contributed by atoms with Crippen molar-refractivity contribution >= 4 is 10.8 Å². The second-order valence-electron chi connectivity index (χ2n) is 8.16. The van der Waals surface area contributed by atoms with Gasteiger partial charge in [0.15, 0.2) is 0 Å². The van der Waals surface area contributed by atoms with Gasteiger partial charge in [0.2, 0.25) is 0 Å². The molecule has 0 saturated heterocycles. The molecular weight excluding hydrogens is 360 g/mol. The Hall–Kier alpha value is -3.64. The highest BCUT2D eigenvalue weighted by molar-refractivity contribution is 6.00. The normalized spacial score (nSPS) is 12.7. The standard InChI is InChI=1S/C30H22/c1-20-28(30-26-17-9-7-15-24(26)25-16-8-10-18-27(25)30)19-22-13-5-6-14-23(22)29(20)21-11-3-2-4-12-21/h2-19,30H,1H3. The lowest BCUT2D eigenvalue weighted by atomic mass is 9.81. The summed E-state index contributed by atoms with van der Waals surface area (Å²) in [5.41, 5.74) is 11.0. The largest absolute Gasteiger partial charge is 0.0622 e. The molecule has 0 aliphatic heterocycles. The first-order valence-corrected chi connectivity index (χ1v) is 10.6. The van der Waals surface area contributed by atoms with E-state index in [-0.39, 0.29) is 5.92 Å². The predicted molar refractivity (Wildman–Crippen MR) is 127 cm³/mol. The summed E-state index contributed by atoms with van der Waals surface area (Å²) in [5, 5.41) is 2.63. The maximum atomic E-state index is 2.42. The van der Waals surface area contributed by atoms with Crippen LogP contribution in [0.1, 0.15) is 28.2 Å². The molecule has 5 aromatic rings. The van der Waals surface area contributed by atoms with E-state index in [0.29, 0.717) is 0 Å². The zero-order valence-electron chi connectivity index (χ0n) is 17.0. The molecule has 0 heteroatoms. The first-order chi connectivity index (χ1) is 14.8. The van der Waals surface area contributed by atoms with Gasteiger partial charge in [-0.3, -0.25) is 0 Å². The molecule has 0 unspecified atom stereocenters. The van der Waals surface area contributed by atoms with Crippen molar-refractivity contribution in [2.75, 3.05) is 0 Å². The molecule has 0 radical (unpaired) electrons. The van der Waals surface area contributed by atoms with Crippen LogP contribution < -0.4 is 0 Å². The number of benzene rings is 5. The highest BCUT2D eigenvalue weighted by atomic mass is 14.3. The van der Waals surface area contributed by atoms with Crippen LogP contribution in [0.4, 0.5) is 0 Å². The van der Waals surface area contributed by atoms with Gasteiger partial charge in [-0.2, -0.15) is 0 Å². The maximum Gasteiger partial charge on any atom is 0.0355 e. The van der Waals surface area contributed by atoms with Gasteiger partial charge in [0.1, 0.15) is 0 Å². The minimum Gasteiger partial charge on any atom is -0.0622 e. The molecule has 1 aliphatic carbocycles. The average molecular weight is 383 g/mol. The van der Waals surface area contributed by atoms with Crippen molar-refractivity contribution in [2.24, 2.45) is 0 Å². The highest BCUT2D eigenvalue weighted by Crippen LogP contribution is 2.50. The van der Waals surface area contributed by atoms with Crippen LogP contribution in [0, 0.1) is 6.92 Å². The summed E-state index contributed by atoms with van der Waals surface area (Å²) >= 11 is 0. The van der Waals surface area contributed by atoms with E-state index in [9.17, 15) is 0 Å². The lowest BCUT2D eigenvalue weighted by Crippen LogP contribution is -2.03. The summed E-state index contributed by atoms with van der Waals surface area (Å²) in [4.78, 5) is 0. The second-order valence-corrected chi connectivity index (χ2v) is 8.16. The van der Waals surface area contributed by atoms with E-state index in [1.54, 1.807) is 0 Å². The summed E-state index contributed by atoms with van der Waals surface area (Å²) in [6.07, 6.45) is 0. The zero-order valence-corrected chi connectivity index (χ0v) is 17.0. The Labute approximate surface area is 177 Å². The molecule has 6 rings (SSSR count). The molecule has 1 aliphatic rings. The van der Waals surface area contributed by atoms with Crippen molar-refractivity contribution in [3.8, 4) is 22.3 Å². The van der Waals surface area contributed by atoms with Gasteiger partial charge in [-0.15, -0.1) is 0 Å². The van der Waals surface area contributed by atoms with Crippen LogP contribution in [0.15, 0.2) is 109 Å². The summed E-state index contributed by atoms with van der Waals surface area (Å²) in [6.45, 7) is 2.30. The number of hydrogen-bond donors (Lipinski definition) is 0. The molecule has 0 N–H and O–H groups in total. The van der Waals surface area contributed by atoms with Crippen molar-refractivity contribution in [1.82, 2.24) is 0 Å². The third-order valence-electron chi connectivity index (χ3n) is 6.56. The molecule has 0 heterocycles. The molecule has 142 valence electrons. The molecule has 0 spiro atoms. The Bertz CT molecular complexity index is 1350. The Morgan fingerprint density at radius 1 is 0.533 bits per heavy atom. The topological polar surface area (TPSA) is 0 Å². The van der Waals surface area contributed by atoms with Crippen molar-refractivity contribution in [2.45, 2.75) is 12.8 Å². The molecule has 0 amide bonds. The van der Waals surface area contributed by atoms with Crippen LogP contribution in [-0.4, -0.2) is 0 Å². The Balaban J connectivity index is 1.70.